The van der Waals surface area contributed by atoms with Gasteiger partial charge < -0.3 is 4.74 Å². The van der Waals surface area contributed by atoms with E-state index in [0.717, 1.165) is 25.7 Å². The van der Waals surface area contributed by atoms with Gasteiger partial charge in [0, 0.05) is 6.42 Å². The van der Waals surface area contributed by atoms with Crippen LogP contribution in [0.5, 0.6) is 0 Å². The highest BCUT2D eigenvalue weighted by molar-refractivity contribution is 5.69. The molecule has 0 aliphatic heterocycles. The Morgan fingerprint density at radius 1 is 0.487 bits per heavy atom. The second-order valence-corrected chi connectivity index (χ2v) is 12.2. The molecule has 3 heteroatoms. The lowest BCUT2D eigenvalue weighted by atomic mass is 10.0. The number of carbonyl (C=O) groups excluding carboxylic acids is 2. The van der Waals surface area contributed by atoms with E-state index in [-0.39, 0.29) is 18.5 Å². The van der Waals surface area contributed by atoms with Crippen molar-refractivity contribution in [1.82, 2.24) is 0 Å². The minimum Gasteiger partial charge on any atom is -0.462 e. The monoisotopic (exact) mass is 550 g/mol. The highest BCUT2D eigenvalue weighted by Gasteiger charge is 2.14. The molecule has 0 N–H and O–H groups in total. The Bertz CT molecular complexity index is 490. The highest BCUT2D eigenvalue weighted by Crippen LogP contribution is 2.17. The molecular formula is C36H69O3. The molecule has 231 valence electrons. The lowest BCUT2D eigenvalue weighted by molar-refractivity contribution is -0.149. The van der Waals surface area contributed by atoms with Crippen LogP contribution in [-0.4, -0.2) is 18.4 Å². The van der Waals surface area contributed by atoms with Gasteiger partial charge in [0.1, 0.15) is 6.10 Å². The smallest absolute Gasteiger partial charge is 0.306 e. The van der Waals surface area contributed by atoms with Crippen molar-refractivity contribution >= 4 is 12.3 Å². The number of unbranched alkanes of at least 4 members (excludes halogenated alkanes) is 26. The van der Waals surface area contributed by atoms with Gasteiger partial charge in [0.25, 0.3) is 0 Å². The van der Waals surface area contributed by atoms with Gasteiger partial charge in [-0.15, -0.1) is 0 Å². The summed E-state index contributed by atoms with van der Waals surface area (Å²) in [6.07, 6.45) is 40.3. The molecule has 3 nitrogen and oxygen atoms in total. The molecule has 0 aromatic carbocycles. The van der Waals surface area contributed by atoms with E-state index in [2.05, 4.69) is 13.8 Å². The summed E-state index contributed by atoms with van der Waals surface area (Å²) in [6, 6.07) is 0. The van der Waals surface area contributed by atoms with Gasteiger partial charge in [-0.2, -0.15) is 0 Å². The maximum Gasteiger partial charge on any atom is 0.306 e. The molecule has 39 heavy (non-hydrogen) atoms. The van der Waals surface area contributed by atoms with Crippen LogP contribution in [-0.2, 0) is 14.3 Å². The Kier molecular flexibility index (Phi) is 32.6. The van der Waals surface area contributed by atoms with Gasteiger partial charge in [-0.25, -0.2) is 0 Å². The van der Waals surface area contributed by atoms with Crippen LogP contribution in [0.1, 0.15) is 213 Å². The van der Waals surface area contributed by atoms with Crippen molar-refractivity contribution in [1.29, 1.82) is 0 Å². The Labute approximate surface area is 245 Å². The summed E-state index contributed by atoms with van der Waals surface area (Å²) in [5, 5.41) is 0. The van der Waals surface area contributed by atoms with Crippen LogP contribution in [0, 0.1) is 0 Å². The second kappa shape index (κ2) is 33.3. The third-order valence-corrected chi connectivity index (χ3v) is 8.22. The molecule has 1 radical (unpaired) electrons. The molecule has 0 bridgehead atoms. The topological polar surface area (TPSA) is 43.4 Å². The Balaban J connectivity index is 3.48. The van der Waals surface area contributed by atoms with E-state index in [0.29, 0.717) is 6.42 Å². The summed E-state index contributed by atoms with van der Waals surface area (Å²) in [5.74, 6) is -0.126. The minimum absolute atomic E-state index is 0.126. The number of hydrogen-bond donors (Lipinski definition) is 0. The van der Waals surface area contributed by atoms with E-state index in [1.165, 1.54) is 161 Å². The van der Waals surface area contributed by atoms with E-state index >= 15 is 0 Å². The Hall–Kier alpha value is -0.860. The van der Waals surface area contributed by atoms with Crippen LogP contribution in [0.15, 0.2) is 0 Å². The minimum atomic E-state index is -0.264. The van der Waals surface area contributed by atoms with Gasteiger partial charge in [0.05, 0.1) is 6.42 Å². The zero-order valence-electron chi connectivity index (χ0n) is 26.7. The van der Waals surface area contributed by atoms with E-state index in [4.69, 9.17) is 4.74 Å². The average Bonchev–Trinajstić information content (AvgIpc) is 2.93. The van der Waals surface area contributed by atoms with Crippen LogP contribution in [0.2, 0.25) is 0 Å². The molecule has 0 saturated heterocycles. The maximum absolute atomic E-state index is 12.2. The Morgan fingerprint density at radius 2 is 0.795 bits per heavy atom. The molecule has 0 saturated carbocycles. The summed E-state index contributed by atoms with van der Waals surface area (Å²) in [4.78, 5) is 23.1. The Morgan fingerprint density at radius 3 is 1.13 bits per heavy atom. The standard InChI is InChI=1S/C36H69O3/c1-3-5-7-9-11-13-15-16-17-18-19-20-22-24-26-28-30-32-36(38)39-35(33-34-37)31-29-27-25-23-21-14-12-10-8-6-4-2/h35H,3-33H2,1-2H3. The molecule has 0 aromatic heterocycles. The van der Waals surface area contributed by atoms with Gasteiger partial charge in [-0.05, 0) is 19.3 Å². The quantitative estimate of drug-likeness (QED) is 0.0604. The molecule has 0 aliphatic carbocycles. The van der Waals surface area contributed by atoms with Gasteiger partial charge >= 0.3 is 5.97 Å². The molecule has 0 aliphatic rings. The summed E-state index contributed by atoms with van der Waals surface area (Å²) in [7, 11) is 0. The number of carbonyl (C=O) groups is 1. The molecule has 0 amide bonds. The molecule has 1 unspecified atom stereocenters. The fourth-order valence-corrected chi connectivity index (χ4v) is 5.57. The fourth-order valence-electron chi connectivity index (χ4n) is 5.57. The van der Waals surface area contributed by atoms with Crippen molar-refractivity contribution in [3.05, 3.63) is 0 Å². The molecule has 0 rings (SSSR count). The molecule has 0 fully saturated rings. The molecule has 0 heterocycles. The lowest BCUT2D eigenvalue weighted by Crippen LogP contribution is -2.18. The highest BCUT2D eigenvalue weighted by atomic mass is 16.5. The average molecular weight is 550 g/mol. The van der Waals surface area contributed by atoms with Crippen molar-refractivity contribution < 1.29 is 14.3 Å². The first-order valence-corrected chi connectivity index (χ1v) is 17.8. The molecule has 1 atom stereocenters. The SMILES string of the molecule is CCCCCCCCCCCCCCCCCCCC(=O)OC(C[C]=O)CCCCCCCCCCCCC. The van der Waals surface area contributed by atoms with E-state index in [1.807, 2.05) is 6.29 Å². The first-order chi connectivity index (χ1) is 19.2. The summed E-state index contributed by atoms with van der Waals surface area (Å²) in [6.45, 7) is 4.55. The number of rotatable bonds is 33. The van der Waals surface area contributed by atoms with Crippen molar-refractivity contribution in [3.8, 4) is 0 Å². The summed E-state index contributed by atoms with van der Waals surface area (Å²) in [5.41, 5.74) is 0. The fraction of sp³-hybridized carbons (Fsp3) is 0.944. The number of esters is 1. The number of hydrogen-bond acceptors (Lipinski definition) is 3. The van der Waals surface area contributed by atoms with E-state index in [9.17, 15) is 9.59 Å². The molecule has 0 spiro atoms. The van der Waals surface area contributed by atoms with E-state index in [1.54, 1.807) is 0 Å². The maximum atomic E-state index is 12.2. The molecule has 0 aromatic rings. The lowest BCUT2D eigenvalue weighted by Gasteiger charge is -2.15. The molecular weight excluding hydrogens is 480 g/mol. The van der Waals surface area contributed by atoms with Crippen LogP contribution >= 0.6 is 0 Å². The predicted octanol–water partition coefficient (Wildman–Crippen LogP) is 12.1. The van der Waals surface area contributed by atoms with Gasteiger partial charge in [-0.1, -0.05) is 181 Å². The van der Waals surface area contributed by atoms with Crippen molar-refractivity contribution in [3.63, 3.8) is 0 Å². The summed E-state index contributed by atoms with van der Waals surface area (Å²) >= 11 is 0. The third kappa shape index (κ3) is 31.5. The second-order valence-electron chi connectivity index (χ2n) is 12.2. The van der Waals surface area contributed by atoms with Crippen molar-refractivity contribution in [2.24, 2.45) is 0 Å². The van der Waals surface area contributed by atoms with Gasteiger partial charge in [0.2, 0.25) is 6.29 Å². The predicted molar refractivity (Wildman–Crippen MR) is 170 cm³/mol. The van der Waals surface area contributed by atoms with E-state index < -0.39 is 0 Å². The first kappa shape index (κ1) is 38.1. The van der Waals surface area contributed by atoms with Gasteiger partial charge in [0.15, 0.2) is 0 Å². The third-order valence-electron chi connectivity index (χ3n) is 8.22. The van der Waals surface area contributed by atoms with Crippen molar-refractivity contribution in [2.75, 3.05) is 0 Å². The van der Waals surface area contributed by atoms with Crippen LogP contribution in [0.4, 0.5) is 0 Å². The largest absolute Gasteiger partial charge is 0.462 e. The normalized spacial score (nSPS) is 12.1. The van der Waals surface area contributed by atoms with Gasteiger partial charge in [-0.3, -0.25) is 9.59 Å². The first-order valence-electron chi connectivity index (χ1n) is 17.8. The van der Waals surface area contributed by atoms with Crippen LogP contribution in [0.3, 0.4) is 0 Å². The van der Waals surface area contributed by atoms with Crippen molar-refractivity contribution in [2.45, 2.75) is 219 Å². The zero-order valence-corrected chi connectivity index (χ0v) is 26.7. The zero-order chi connectivity index (χ0) is 28.5. The summed E-state index contributed by atoms with van der Waals surface area (Å²) < 4.78 is 5.61. The van der Waals surface area contributed by atoms with Crippen LogP contribution < -0.4 is 0 Å². The van der Waals surface area contributed by atoms with Crippen LogP contribution in [0.25, 0.3) is 0 Å². The number of ether oxygens (including phenoxy) is 1.